The highest BCUT2D eigenvalue weighted by Crippen LogP contribution is 2.32. The Morgan fingerprint density at radius 2 is 2.28 bits per heavy atom. The number of hydrogen-bond acceptors (Lipinski definition) is 3. The zero-order chi connectivity index (χ0) is 13.0. The van der Waals surface area contributed by atoms with Gasteiger partial charge in [-0.25, -0.2) is 4.79 Å². The number of carbonyl (C=O) groups excluding carboxylic acids is 1. The van der Waals surface area contributed by atoms with Gasteiger partial charge in [-0.1, -0.05) is 19.8 Å². The van der Waals surface area contributed by atoms with Gasteiger partial charge in [0.1, 0.15) is 0 Å². The molecule has 1 aliphatic carbocycles. The van der Waals surface area contributed by atoms with Crippen LogP contribution in [-0.4, -0.2) is 37.4 Å². The van der Waals surface area contributed by atoms with Crippen LogP contribution in [0.3, 0.4) is 0 Å². The molecule has 1 saturated carbocycles. The maximum absolute atomic E-state index is 12.0. The minimum atomic E-state index is -0.220. The van der Waals surface area contributed by atoms with Gasteiger partial charge in [0.05, 0.1) is 18.2 Å². The van der Waals surface area contributed by atoms with Crippen molar-refractivity contribution >= 4 is 6.03 Å². The smallest absolute Gasteiger partial charge is 0.315 e. The molecule has 5 heteroatoms. The molecule has 0 bridgehead atoms. The van der Waals surface area contributed by atoms with Gasteiger partial charge in [-0.3, -0.25) is 0 Å². The number of carbonyl (C=O) groups is 1. The molecular formula is C13H25N3O2. The highest BCUT2D eigenvalue weighted by Gasteiger charge is 2.38. The normalized spacial score (nSPS) is 36.3. The zero-order valence-electron chi connectivity index (χ0n) is 11.2. The number of amides is 2. The van der Waals surface area contributed by atoms with E-state index in [9.17, 15) is 4.79 Å². The lowest BCUT2D eigenvalue weighted by atomic mass is 9.73. The summed E-state index contributed by atoms with van der Waals surface area (Å²) in [6.45, 7) is 4.07. The number of rotatable bonds is 3. The SMILES string of the molecule is CC1CCCCC1(CN)NC(=O)NC1CCOC1. The van der Waals surface area contributed by atoms with E-state index in [2.05, 4.69) is 17.6 Å². The van der Waals surface area contributed by atoms with E-state index in [1.54, 1.807) is 0 Å². The van der Waals surface area contributed by atoms with Crippen molar-refractivity contribution in [2.45, 2.75) is 50.6 Å². The van der Waals surface area contributed by atoms with Crippen molar-refractivity contribution in [1.82, 2.24) is 10.6 Å². The van der Waals surface area contributed by atoms with Gasteiger partial charge in [0.2, 0.25) is 0 Å². The van der Waals surface area contributed by atoms with Crippen molar-refractivity contribution in [2.24, 2.45) is 11.7 Å². The quantitative estimate of drug-likeness (QED) is 0.703. The van der Waals surface area contributed by atoms with Crippen LogP contribution < -0.4 is 16.4 Å². The second-order valence-corrected chi connectivity index (χ2v) is 5.67. The van der Waals surface area contributed by atoms with Crippen molar-refractivity contribution in [3.8, 4) is 0 Å². The van der Waals surface area contributed by atoms with Crippen LogP contribution in [0.4, 0.5) is 4.79 Å². The first-order valence-corrected chi connectivity index (χ1v) is 7.03. The van der Waals surface area contributed by atoms with Gasteiger partial charge in [-0.15, -0.1) is 0 Å². The third-order valence-electron chi connectivity index (χ3n) is 4.44. The molecule has 0 spiro atoms. The van der Waals surface area contributed by atoms with Crippen LogP contribution in [0, 0.1) is 5.92 Å². The van der Waals surface area contributed by atoms with Crippen molar-refractivity contribution in [2.75, 3.05) is 19.8 Å². The van der Waals surface area contributed by atoms with Gasteiger partial charge in [-0.05, 0) is 25.2 Å². The predicted molar refractivity (Wildman–Crippen MR) is 70.3 cm³/mol. The summed E-state index contributed by atoms with van der Waals surface area (Å²) in [5.74, 6) is 0.446. The largest absolute Gasteiger partial charge is 0.379 e. The lowest BCUT2D eigenvalue weighted by molar-refractivity contribution is 0.156. The van der Waals surface area contributed by atoms with Gasteiger partial charge in [0, 0.05) is 13.2 Å². The molecule has 2 fully saturated rings. The molecule has 2 amide bonds. The number of ether oxygens (including phenoxy) is 1. The minimum Gasteiger partial charge on any atom is -0.379 e. The van der Waals surface area contributed by atoms with Crippen molar-refractivity contribution in [1.29, 1.82) is 0 Å². The van der Waals surface area contributed by atoms with Crippen LogP contribution in [0.5, 0.6) is 0 Å². The molecule has 1 saturated heterocycles. The highest BCUT2D eigenvalue weighted by atomic mass is 16.5. The molecular weight excluding hydrogens is 230 g/mol. The molecule has 4 N–H and O–H groups in total. The van der Waals surface area contributed by atoms with E-state index in [1.165, 1.54) is 6.42 Å². The van der Waals surface area contributed by atoms with Gasteiger partial charge in [0.15, 0.2) is 0 Å². The van der Waals surface area contributed by atoms with Crippen LogP contribution in [-0.2, 0) is 4.74 Å². The summed E-state index contributed by atoms with van der Waals surface area (Å²) >= 11 is 0. The third-order valence-corrected chi connectivity index (χ3v) is 4.44. The van der Waals surface area contributed by atoms with E-state index in [-0.39, 0.29) is 17.6 Å². The van der Waals surface area contributed by atoms with E-state index >= 15 is 0 Å². The molecule has 2 aliphatic rings. The summed E-state index contributed by atoms with van der Waals surface area (Å²) in [6, 6.07) is 0.0587. The molecule has 1 aliphatic heterocycles. The fraction of sp³-hybridized carbons (Fsp3) is 0.923. The Morgan fingerprint density at radius 1 is 1.44 bits per heavy atom. The summed E-state index contributed by atoms with van der Waals surface area (Å²) in [6.07, 6.45) is 5.42. The van der Waals surface area contributed by atoms with Gasteiger partial charge in [-0.2, -0.15) is 0 Å². The van der Waals surface area contributed by atoms with Gasteiger partial charge < -0.3 is 21.1 Å². The highest BCUT2D eigenvalue weighted by molar-refractivity contribution is 5.75. The van der Waals surface area contributed by atoms with Crippen molar-refractivity contribution in [3.63, 3.8) is 0 Å². The van der Waals surface area contributed by atoms with Crippen LogP contribution >= 0.6 is 0 Å². The lowest BCUT2D eigenvalue weighted by Crippen LogP contribution is -2.62. The molecule has 18 heavy (non-hydrogen) atoms. The molecule has 104 valence electrons. The number of nitrogens with one attached hydrogen (secondary N) is 2. The monoisotopic (exact) mass is 255 g/mol. The first-order chi connectivity index (χ1) is 8.66. The van der Waals surface area contributed by atoms with Crippen molar-refractivity contribution < 1.29 is 9.53 Å². The summed E-state index contributed by atoms with van der Waals surface area (Å²) in [5.41, 5.74) is 5.70. The van der Waals surface area contributed by atoms with Crippen LogP contribution in [0.25, 0.3) is 0 Å². The zero-order valence-corrected chi connectivity index (χ0v) is 11.2. The van der Waals surface area contributed by atoms with Crippen molar-refractivity contribution in [3.05, 3.63) is 0 Å². The lowest BCUT2D eigenvalue weighted by Gasteiger charge is -2.42. The second kappa shape index (κ2) is 5.89. The Bertz CT molecular complexity index is 292. The maximum Gasteiger partial charge on any atom is 0.315 e. The molecule has 1 heterocycles. The number of urea groups is 1. The molecule has 3 unspecified atom stereocenters. The van der Waals surface area contributed by atoms with Crippen LogP contribution in [0.1, 0.15) is 39.0 Å². The number of hydrogen-bond donors (Lipinski definition) is 3. The summed E-state index contributed by atoms with van der Waals surface area (Å²) in [7, 11) is 0. The Balaban J connectivity index is 1.90. The maximum atomic E-state index is 12.0. The molecule has 0 radical (unpaired) electrons. The van der Waals surface area contributed by atoms with E-state index in [4.69, 9.17) is 10.5 Å². The first-order valence-electron chi connectivity index (χ1n) is 7.03. The third kappa shape index (κ3) is 2.95. The molecule has 5 nitrogen and oxygen atoms in total. The van der Waals surface area contributed by atoms with E-state index in [0.29, 0.717) is 19.1 Å². The molecule has 3 atom stereocenters. The van der Waals surface area contributed by atoms with E-state index in [1.807, 2.05) is 0 Å². The summed E-state index contributed by atoms with van der Waals surface area (Å²) in [5, 5.41) is 6.10. The van der Waals surface area contributed by atoms with E-state index < -0.39 is 0 Å². The van der Waals surface area contributed by atoms with Gasteiger partial charge >= 0.3 is 6.03 Å². The topological polar surface area (TPSA) is 76.4 Å². The number of nitrogens with two attached hydrogens (primary N) is 1. The first kappa shape index (κ1) is 13.6. The molecule has 0 aromatic rings. The average molecular weight is 255 g/mol. The molecule has 0 aromatic heterocycles. The second-order valence-electron chi connectivity index (χ2n) is 5.67. The van der Waals surface area contributed by atoms with Crippen LogP contribution in [0.2, 0.25) is 0 Å². The minimum absolute atomic E-state index is 0.0929. The standard InChI is InChI=1S/C13H25N3O2/c1-10-4-2-3-6-13(10,9-14)16-12(17)15-11-5-7-18-8-11/h10-11H,2-9,14H2,1H3,(H2,15,16,17). The average Bonchev–Trinajstić information content (AvgIpc) is 2.85. The molecule has 2 rings (SSSR count). The molecule has 0 aromatic carbocycles. The van der Waals surface area contributed by atoms with Crippen LogP contribution in [0.15, 0.2) is 0 Å². The Labute approximate surface area is 109 Å². The van der Waals surface area contributed by atoms with E-state index in [0.717, 1.165) is 32.3 Å². The van der Waals surface area contributed by atoms with Gasteiger partial charge in [0.25, 0.3) is 0 Å². The summed E-state index contributed by atoms with van der Waals surface area (Å²) in [4.78, 5) is 12.0. The predicted octanol–water partition coefficient (Wildman–Crippen LogP) is 0.982. The Morgan fingerprint density at radius 3 is 2.89 bits per heavy atom. The Kier molecular flexibility index (Phi) is 4.45. The fourth-order valence-electron chi connectivity index (χ4n) is 3.05. The Hall–Kier alpha value is -0.810. The fourth-order valence-corrected chi connectivity index (χ4v) is 3.05. The summed E-state index contributed by atoms with van der Waals surface area (Å²) < 4.78 is 5.25.